The summed E-state index contributed by atoms with van der Waals surface area (Å²) in [5, 5.41) is 8.71. The number of carboxylic acid groups (broad SMARTS) is 1. The Balaban J connectivity index is 2.04. The van der Waals surface area contributed by atoms with Crippen LogP contribution < -0.4 is 4.72 Å². The lowest BCUT2D eigenvalue weighted by Crippen LogP contribution is -2.34. The maximum atomic E-state index is 12.3. The zero-order chi connectivity index (χ0) is 14.8. The van der Waals surface area contributed by atoms with Crippen molar-refractivity contribution in [2.24, 2.45) is 5.92 Å². The maximum Gasteiger partial charge on any atom is 0.308 e. The molecule has 0 spiro atoms. The molecule has 1 atom stereocenters. The largest absolute Gasteiger partial charge is 0.481 e. The zero-order valence-electron chi connectivity index (χ0n) is 11.3. The van der Waals surface area contributed by atoms with Gasteiger partial charge in [-0.25, -0.2) is 13.1 Å². The standard InChI is InChI=1S/C13H19NO4S2/c1-2-10(7-9-3-4-9)14-20(17,18)13-6-5-11(19-13)8-12(15)16/h5-6,9-10,14H,2-4,7-8H2,1H3,(H,15,16). The van der Waals surface area contributed by atoms with Crippen LogP contribution in [-0.4, -0.2) is 25.5 Å². The quantitative estimate of drug-likeness (QED) is 0.770. The van der Waals surface area contributed by atoms with Crippen molar-refractivity contribution in [2.45, 2.75) is 49.3 Å². The van der Waals surface area contributed by atoms with Gasteiger partial charge < -0.3 is 5.11 Å². The van der Waals surface area contributed by atoms with E-state index in [1.165, 1.54) is 18.9 Å². The van der Waals surface area contributed by atoms with Gasteiger partial charge in [0.05, 0.1) is 6.42 Å². The normalized spacial score (nSPS) is 17.1. The van der Waals surface area contributed by atoms with Gasteiger partial charge in [0.2, 0.25) is 10.0 Å². The summed E-state index contributed by atoms with van der Waals surface area (Å²) >= 11 is 1.02. The maximum absolute atomic E-state index is 12.3. The Labute approximate surface area is 123 Å². The number of sulfonamides is 1. The summed E-state index contributed by atoms with van der Waals surface area (Å²) in [4.78, 5) is 11.2. The van der Waals surface area contributed by atoms with Crippen LogP contribution in [0.4, 0.5) is 0 Å². The monoisotopic (exact) mass is 317 g/mol. The minimum absolute atomic E-state index is 0.0301. The number of rotatable bonds is 8. The minimum Gasteiger partial charge on any atom is -0.481 e. The summed E-state index contributed by atoms with van der Waals surface area (Å²) < 4.78 is 27.4. The fourth-order valence-corrected chi connectivity index (χ4v) is 4.77. The molecule has 0 aliphatic heterocycles. The summed E-state index contributed by atoms with van der Waals surface area (Å²) in [7, 11) is -3.53. The summed E-state index contributed by atoms with van der Waals surface area (Å²) in [6.45, 7) is 1.97. The Bertz CT molecular complexity index is 575. The number of nitrogens with one attached hydrogen (secondary N) is 1. The van der Waals surface area contributed by atoms with Gasteiger partial charge in [-0.05, 0) is 30.9 Å². The number of thiophene rings is 1. The van der Waals surface area contributed by atoms with E-state index < -0.39 is 16.0 Å². The third-order valence-electron chi connectivity index (χ3n) is 3.36. The molecule has 20 heavy (non-hydrogen) atoms. The number of hydrogen-bond acceptors (Lipinski definition) is 4. The molecular formula is C13H19NO4S2. The van der Waals surface area contributed by atoms with Crippen LogP contribution in [0.3, 0.4) is 0 Å². The van der Waals surface area contributed by atoms with Gasteiger partial charge in [0.25, 0.3) is 0 Å². The Morgan fingerprint density at radius 2 is 2.20 bits per heavy atom. The molecule has 1 aliphatic rings. The molecule has 0 radical (unpaired) electrons. The van der Waals surface area contributed by atoms with E-state index in [0.717, 1.165) is 24.2 Å². The van der Waals surface area contributed by atoms with E-state index >= 15 is 0 Å². The molecule has 0 saturated heterocycles. The molecule has 1 fully saturated rings. The van der Waals surface area contributed by atoms with Gasteiger partial charge in [0.15, 0.2) is 0 Å². The molecule has 112 valence electrons. The second-order valence-electron chi connectivity index (χ2n) is 5.20. The lowest BCUT2D eigenvalue weighted by atomic mass is 10.1. The molecule has 5 nitrogen and oxygen atoms in total. The molecule has 1 aromatic heterocycles. The van der Waals surface area contributed by atoms with E-state index in [0.29, 0.717) is 10.8 Å². The smallest absolute Gasteiger partial charge is 0.308 e. The van der Waals surface area contributed by atoms with Gasteiger partial charge in [-0.1, -0.05) is 19.8 Å². The van der Waals surface area contributed by atoms with Crippen molar-refractivity contribution in [1.82, 2.24) is 4.72 Å². The molecule has 1 unspecified atom stereocenters. The molecule has 7 heteroatoms. The molecule has 1 heterocycles. The van der Waals surface area contributed by atoms with Crippen LogP contribution in [0.2, 0.25) is 0 Å². The first-order valence-electron chi connectivity index (χ1n) is 6.73. The molecule has 2 N–H and O–H groups in total. The minimum atomic E-state index is -3.53. The SMILES string of the molecule is CCC(CC1CC1)NS(=O)(=O)c1ccc(CC(=O)O)s1. The van der Waals surface area contributed by atoms with Crippen molar-refractivity contribution in [3.8, 4) is 0 Å². The highest BCUT2D eigenvalue weighted by molar-refractivity contribution is 7.91. The summed E-state index contributed by atoms with van der Waals surface area (Å²) in [6.07, 6.45) is 3.91. The third kappa shape index (κ3) is 4.29. The van der Waals surface area contributed by atoms with E-state index in [9.17, 15) is 13.2 Å². The number of carboxylic acids is 1. The number of aliphatic carboxylic acids is 1. The molecule has 0 aromatic carbocycles. The lowest BCUT2D eigenvalue weighted by molar-refractivity contribution is -0.136. The van der Waals surface area contributed by atoms with Crippen LogP contribution >= 0.6 is 11.3 Å². The van der Waals surface area contributed by atoms with Crippen molar-refractivity contribution in [2.75, 3.05) is 0 Å². The molecular weight excluding hydrogens is 298 g/mol. The van der Waals surface area contributed by atoms with Crippen LogP contribution in [0, 0.1) is 5.92 Å². The first-order chi connectivity index (χ1) is 9.40. The van der Waals surface area contributed by atoms with Crippen molar-refractivity contribution >= 4 is 27.3 Å². The van der Waals surface area contributed by atoms with Crippen LogP contribution in [0.15, 0.2) is 16.3 Å². The molecule has 1 saturated carbocycles. The van der Waals surface area contributed by atoms with E-state index in [-0.39, 0.29) is 16.7 Å². The van der Waals surface area contributed by atoms with E-state index in [1.807, 2.05) is 6.92 Å². The number of hydrogen-bond donors (Lipinski definition) is 2. The molecule has 0 bridgehead atoms. The lowest BCUT2D eigenvalue weighted by Gasteiger charge is -2.15. The highest BCUT2D eigenvalue weighted by atomic mass is 32.2. The Hall–Kier alpha value is -0.920. The average Bonchev–Trinajstić information content (AvgIpc) is 3.04. The molecule has 1 aromatic rings. The highest BCUT2D eigenvalue weighted by Gasteiger charge is 2.28. The Morgan fingerprint density at radius 3 is 2.75 bits per heavy atom. The first-order valence-corrected chi connectivity index (χ1v) is 9.03. The average molecular weight is 317 g/mol. The van der Waals surface area contributed by atoms with Crippen molar-refractivity contribution in [1.29, 1.82) is 0 Å². The molecule has 1 aliphatic carbocycles. The highest BCUT2D eigenvalue weighted by Crippen LogP contribution is 2.34. The van der Waals surface area contributed by atoms with Crippen LogP contribution in [0.1, 0.15) is 37.5 Å². The van der Waals surface area contributed by atoms with Gasteiger partial charge in [0.1, 0.15) is 4.21 Å². The van der Waals surface area contributed by atoms with Crippen molar-refractivity contribution in [3.05, 3.63) is 17.0 Å². The van der Waals surface area contributed by atoms with Crippen LogP contribution in [0.25, 0.3) is 0 Å². The van der Waals surface area contributed by atoms with Gasteiger partial charge in [-0.3, -0.25) is 4.79 Å². The Kier molecular flexibility index (Phi) is 4.82. The summed E-state index contributed by atoms with van der Waals surface area (Å²) in [5.74, 6) is -0.294. The van der Waals surface area contributed by atoms with Gasteiger partial charge >= 0.3 is 5.97 Å². The fraction of sp³-hybridized carbons (Fsp3) is 0.615. The van der Waals surface area contributed by atoms with Gasteiger partial charge in [0, 0.05) is 10.9 Å². The van der Waals surface area contributed by atoms with Crippen molar-refractivity contribution in [3.63, 3.8) is 0 Å². The summed E-state index contributed by atoms with van der Waals surface area (Å²) in [5.41, 5.74) is 0. The van der Waals surface area contributed by atoms with Gasteiger partial charge in [-0.15, -0.1) is 11.3 Å². The fourth-order valence-electron chi connectivity index (χ4n) is 2.08. The molecule has 2 rings (SSSR count). The summed E-state index contributed by atoms with van der Waals surface area (Å²) in [6, 6.07) is 3.02. The van der Waals surface area contributed by atoms with Crippen LogP contribution in [0.5, 0.6) is 0 Å². The van der Waals surface area contributed by atoms with E-state index in [1.54, 1.807) is 6.07 Å². The second-order valence-corrected chi connectivity index (χ2v) is 8.31. The van der Waals surface area contributed by atoms with Crippen molar-refractivity contribution < 1.29 is 18.3 Å². The van der Waals surface area contributed by atoms with E-state index in [4.69, 9.17) is 5.11 Å². The third-order valence-corrected chi connectivity index (χ3v) is 6.45. The topological polar surface area (TPSA) is 83.5 Å². The van der Waals surface area contributed by atoms with Gasteiger partial charge in [-0.2, -0.15) is 0 Å². The first kappa shape index (κ1) is 15.5. The second kappa shape index (κ2) is 6.24. The predicted molar refractivity (Wildman–Crippen MR) is 77.4 cm³/mol. The Morgan fingerprint density at radius 1 is 1.50 bits per heavy atom. The zero-order valence-corrected chi connectivity index (χ0v) is 13.0. The van der Waals surface area contributed by atoms with E-state index in [2.05, 4.69) is 4.72 Å². The predicted octanol–water partition coefficient (Wildman–Crippen LogP) is 2.23. The van der Waals surface area contributed by atoms with Crippen LogP contribution in [-0.2, 0) is 21.2 Å². The molecule has 0 amide bonds. The number of carbonyl (C=O) groups is 1.